The quantitative estimate of drug-likeness (QED) is 0.0882. The maximum atomic E-state index is 12.3. The summed E-state index contributed by atoms with van der Waals surface area (Å²) in [5, 5.41) is 33.2. The zero-order valence-corrected chi connectivity index (χ0v) is 24.5. The van der Waals surface area contributed by atoms with Gasteiger partial charge in [-0.25, -0.2) is 10.2 Å². The van der Waals surface area contributed by atoms with Crippen molar-refractivity contribution in [1.29, 1.82) is 0 Å². The first-order chi connectivity index (χ1) is 20.4. The monoisotopic (exact) mass is 598 g/mol. The summed E-state index contributed by atoms with van der Waals surface area (Å²) in [4.78, 5) is 23.3. The number of unbranched alkanes of at least 4 members (excludes halogenated alkanes) is 3. The first kappa shape index (κ1) is 31.6. The Morgan fingerprint density at radius 2 is 1.62 bits per heavy atom. The molecule has 0 unspecified atom stereocenters. The van der Waals surface area contributed by atoms with Crippen LogP contribution in [0.5, 0.6) is 0 Å². The number of aromatic nitrogens is 4. The van der Waals surface area contributed by atoms with E-state index in [0.717, 1.165) is 41.5 Å². The van der Waals surface area contributed by atoms with Crippen LogP contribution >= 0.6 is 11.8 Å². The number of nitrogens with zero attached hydrogens (tertiary/aromatic N) is 4. The zero-order valence-electron chi connectivity index (χ0n) is 23.6. The van der Waals surface area contributed by atoms with Crippen LogP contribution in [-0.4, -0.2) is 54.2 Å². The van der Waals surface area contributed by atoms with Gasteiger partial charge in [0.15, 0.2) is 6.29 Å². The van der Waals surface area contributed by atoms with Crippen molar-refractivity contribution in [2.45, 2.75) is 81.8 Å². The fraction of sp³-hybridized carbons (Fsp3) is 0.483. The summed E-state index contributed by atoms with van der Waals surface area (Å²) in [5.41, 5.74) is 5.34. The molecule has 42 heavy (non-hydrogen) atoms. The topological polar surface area (TPSA) is 161 Å². The number of carbonyl (C=O) groups excluding carboxylic acids is 2. The second kappa shape index (κ2) is 16.3. The summed E-state index contributed by atoms with van der Waals surface area (Å²) in [5.74, 6) is 0.254. The molecule has 4 N–H and O–H groups in total. The molecule has 3 aromatic rings. The van der Waals surface area contributed by atoms with Gasteiger partial charge in [-0.3, -0.25) is 14.8 Å². The Hall–Kier alpha value is -3.36. The number of benzene rings is 2. The average Bonchev–Trinajstić information content (AvgIpc) is 3.44. The van der Waals surface area contributed by atoms with Crippen LogP contribution in [0.25, 0.3) is 0 Å². The Morgan fingerprint density at radius 1 is 0.952 bits per heavy atom. The van der Waals surface area contributed by atoms with Crippen molar-refractivity contribution in [1.82, 2.24) is 31.0 Å². The Labute approximate surface area is 249 Å². The van der Waals surface area contributed by atoms with Crippen LogP contribution in [0.3, 0.4) is 0 Å². The minimum atomic E-state index is -0.573. The van der Waals surface area contributed by atoms with Crippen LogP contribution in [0.1, 0.15) is 79.6 Å². The highest BCUT2D eigenvalue weighted by molar-refractivity contribution is 7.99. The molecule has 12 nitrogen and oxygen atoms in total. The lowest BCUT2D eigenvalue weighted by Crippen LogP contribution is -2.31. The highest BCUT2D eigenvalue weighted by Gasteiger charge is 2.32. The third kappa shape index (κ3) is 9.60. The first-order valence-electron chi connectivity index (χ1n) is 14.1. The molecule has 1 aliphatic heterocycles. The second-order valence-corrected chi connectivity index (χ2v) is 11.2. The van der Waals surface area contributed by atoms with Gasteiger partial charge in [-0.2, -0.15) is 0 Å². The number of aliphatic hydroxyl groups is 1. The van der Waals surface area contributed by atoms with E-state index in [4.69, 9.17) is 14.7 Å². The number of hydrogen-bond donors (Lipinski definition) is 4. The molecule has 4 rings (SSSR count). The molecule has 1 aliphatic rings. The molecule has 0 aliphatic carbocycles. The maximum absolute atomic E-state index is 12.3. The molecule has 0 radical (unpaired) electrons. The predicted octanol–water partition coefficient (Wildman–Crippen LogP) is 3.50. The molecule has 0 spiro atoms. The summed E-state index contributed by atoms with van der Waals surface area (Å²) in [6, 6.07) is 15.6. The van der Waals surface area contributed by atoms with Gasteiger partial charge in [0, 0.05) is 44.2 Å². The Balaban J connectivity index is 1.30. The minimum Gasteiger partial charge on any atom is -0.392 e. The maximum Gasteiger partial charge on any atom is 0.243 e. The Morgan fingerprint density at radius 3 is 2.26 bits per heavy atom. The van der Waals surface area contributed by atoms with Crippen molar-refractivity contribution >= 4 is 23.6 Å². The van der Waals surface area contributed by atoms with Crippen molar-refractivity contribution in [3.63, 3.8) is 0 Å². The highest BCUT2D eigenvalue weighted by Crippen LogP contribution is 2.39. The van der Waals surface area contributed by atoms with E-state index >= 15 is 0 Å². The van der Waals surface area contributed by atoms with E-state index in [-0.39, 0.29) is 37.0 Å². The van der Waals surface area contributed by atoms with E-state index in [1.54, 1.807) is 17.2 Å². The smallest absolute Gasteiger partial charge is 0.243 e. The van der Waals surface area contributed by atoms with Gasteiger partial charge in [0.1, 0.15) is 0 Å². The third-order valence-corrected chi connectivity index (χ3v) is 8.16. The molecule has 0 saturated carbocycles. The summed E-state index contributed by atoms with van der Waals surface area (Å²) in [6.07, 6.45) is 3.62. The van der Waals surface area contributed by atoms with Gasteiger partial charge >= 0.3 is 0 Å². The van der Waals surface area contributed by atoms with Gasteiger partial charge < -0.3 is 19.9 Å². The van der Waals surface area contributed by atoms with Crippen molar-refractivity contribution in [3.05, 3.63) is 70.8 Å². The van der Waals surface area contributed by atoms with Crippen molar-refractivity contribution in [3.8, 4) is 0 Å². The largest absolute Gasteiger partial charge is 0.392 e. The van der Waals surface area contributed by atoms with Crippen LogP contribution < -0.4 is 10.8 Å². The number of nitrogens with one attached hydrogen (secondary N) is 2. The molecular formula is C29H38N6O6S. The number of carbonyl (C=O) groups is 2. The van der Waals surface area contributed by atoms with Gasteiger partial charge in [-0.05, 0) is 40.0 Å². The molecule has 13 heteroatoms. The van der Waals surface area contributed by atoms with E-state index in [1.807, 2.05) is 48.5 Å². The fourth-order valence-electron chi connectivity index (χ4n) is 4.60. The van der Waals surface area contributed by atoms with Crippen LogP contribution in [0.2, 0.25) is 0 Å². The number of rotatable bonds is 15. The second-order valence-electron chi connectivity index (χ2n) is 10.2. The van der Waals surface area contributed by atoms with Crippen LogP contribution in [0, 0.1) is 0 Å². The molecule has 2 amide bonds. The summed E-state index contributed by atoms with van der Waals surface area (Å²) < 4.78 is 14.4. The number of hydroxylamine groups is 1. The van der Waals surface area contributed by atoms with Crippen molar-refractivity contribution < 1.29 is 29.4 Å². The first-order valence-corrected chi connectivity index (χ1v) is 15.1. The number of tetrazole rings is 1. The molecular weight excluding hydrogens is 560 g/mol. The molecule has 2 aromatic carbocycles. The van der Waals surface area contributed by atoms with Gasteiger partial charge in [-0.15, -0.1) is 5.10 Å². The molecule has 0 bridgehead atoms. The SMILES string of the molecule is Cn1nnnc1SC[C@@H]1C[C@H](c2ccc(CO)cc2)O[C@H](c2ccc(CNC(=O)CCCCCCC(=O)NO)cc2)O1. The number of aliphatic hydroxyl groups excluding tert-OH is 1. The van der Waals surface area contributed by atoms with E-state index in [1.165, 1.54) is 11.8 Å². The summed E-state index contributed by atoms with van der Waals surface area (Å²) in [6.45, 7) is 0.412. The molecule has 1 fully saturated rings. The number of amides is 2. The number of ether oxygens (including phenoxy) is 2. The number of aryl methyl sites for hydroxylation is 1. The molecule has 226 valence electrons. The van der Waals surface area contributed by atoms with Crippen LogP contribution in [0.4, 0.5) is 0 Å². The standard InChI is InChI=1S/C29H38N6O6S/c1-35-29(31-33-34-35)42-19-24-16-25(22-12-10-21(18-36)11-13-22)41-28(40-24)23-14-8-20(9-15-23)17-30-26(37)6-4-2-3-5-7-27(38)32-39/h8-15,24-25,28,36,39H,2-7,16-19H2,1H3,(H,30,37)(H,32,38)/t24-,25+,28+/m0/s1. The summed E-state index contributed by atoms with van der Waals surface area (Å²) >= 11 is 1.53. The summed E-state index contributed by atoms with van der Waals surface area (Å²) in [7, 11) is 1.80. The lowest BCUT2D eigenvalue weighted by Gasteiger charge is -2.36. The molecule has 2 heterocycles. The van der Waals surface area contributed by atoms with Crippen molar-refractivity contribution in [2.75, 3.05) is 5.75 Å². The number of hydrogen-bond acceptors (Lipinski definition) is 10. The predicted molar refractivity (Wildman–Crippen MR) is 154 cm³/mol. The lowest BCUT2D eigenvalue weighted by molar-refractivity contribution is -0.245. The molecule has 1 aromatic heterocycles. The van der Waals surface area contributed by atoms with Gasteiger partial charge in [-0.1, -0.05) is 73.1 Å². The normalized spacial score (nSPS) is 18.5. The van der Waals surface area contributed by atoms with Crippen molar-refractivity contribution in [2.24, 2.45) is 7.05 Å². The number of thioether (sulfide) groups is 1. The third-order valence-electron chi connectivity index (χ3n) is 7.02. The van der Waals surface area contributed by atoms with Gasteiger partial charge in [0.25, 0.3) is 0 Å². The minimum absolute atomic E-state index is 0.0112. The zero-order chi connectivity index (χ0) is 29.7. The van der Waals surface area contributed by atoms with E-state index in [2.05, 4.69) is 20.8 Å². The highest BCUT2D eigenvalue weighted by atomic mass is 32.2. The van der Waals surface area contributed by atoms with E-state index < -0.39 is 6.29 Å². The van der Waals surface area contributed by atoms with E-state index in [9.17, 15) is 14.7 Å². The lowest BCUT2D eigenvalue weighted by atomic mass is 10.0. The van der Waals surface area contributed by atoms with Crippen LogP contribution in [-0.2, 0) is 39.3 Å². The Kier molecular flexibility index (Phi) is 12.3. The van der Waals surface area contributed by atoms with Gasteiger partial charge in [0.2, 0.25) is 17.0 Å². The van der Waals surface area contributed by atoms with E-state index in [0.29, 0.717) is 36.7 Å². The average molecular weight is 599 g/mol. The Bertz CT molecular complexity index is 1270. The molecule has 1 saturated heterocycles. The fourth-order valence-corrected chi connectivity index (χ4v) is 5.46. The van der Waals surface area contributed by atoms with Gasteiger partial charge in [0.05, 0.1) is 18.8 Å². The van der Waals surface area contributed by atoms with Crippen LogP contribution in [0.15, 0.2) is 53.7 Å². The molecule has 3 atom stereocenters.